The van der Waals surface area contributed by atoms with Gasteiger partial charge in [-0.2, -0.15) is 0 Å². The van der Waals surface area contributed by atoms with Crippen LogP contribution in [0.25, 0.3) is 0 Å². The second-order valence-corrected chi connectivity index (χ2v) is 6.79. The van der Waals surface area contributed by atoms with Crippen LogP contribution in [0.5, 0.6) is 5.75 Å². The van der Waals surface area contributed by atoms with Crippen LogP contribution in [-0.4, -0.2) is 19.2 Å². The van der Waals surface area contributed by atoms with Gasteiger partial charge in [0.25, 0.3) is 0 Å². The predicted molar refractivity (Wildman–Crippen MR) is 90.1 cm³/mol. The van der Waals surface area contributed by atoms with Crippen LogP contribution in [0.2, 0.25) is 0 Å². The largest absolute Gasteiger partial charge is 0.491 e. The van der Waals surface area contributed by atoms with Crippen molar-refractivity contribution in [2.24, 2.45) is 0 Å². The predicted octanol–water partition coefficient (Wildman–Crippen LogP) is 5.48. The number of hydrogen-bond donors (Lipinski definition) is 0. The molecule has 0 saturated carbocycles. The van der Waals surface area contributed by atoms with Gasteiger partial charge in [-0.1, -0.05) is 15.9 Å². The Morgan fingerprint density at radius 1 is 1.10 bits per heavy atom. The average molecular weight is 473 g/mol. The second kappa shape index (κ2) is 9.79. The molecule has 0 aromatic heterocycles. The molecule has 0 aliphatic carbocycles. The summed E-state index contributed by atoms with van der Waals surface area (Å²) in [5, 5.41) is 0. The molecule has 1 aromatic rings. The quantitative estimate of drug-likeness (QED) is 0.371. The summed E-state index contributed by atoms with van der Waals surface area (Å²) in [7, 11) is 0. The van der Waals surface area contributed by atoms with Crippen LogP contribution in [0.3, 0.4) is 0 Å². The minimum Gasteiger partial charge on any atom is -0.491 e. The average Bonchev–Trinajstić information content (AvgIpc) is 2.36. The lowest BCUT2D eigenvalue weighted by Gasteiger charge is -2.10. The van der Waals surface area contributed by atoms with E-state index in [9.17, 15) is 4.79 Å². The SMILES string of the molecule is CCOC(=O)CCCCCOc1c(Br)cc(Br)cc1Br. The van der Waals surface area contributed by atoms with Gasteiger partial charge in [0, 0.05) is 10.9 Å². The molecule has 0 unspecified atom stereocenters. The molecule has 0 fully saturated rings. The van der Waals surface area contributed by atoms with Gasteiger partial charge in [0.1, 0.15) is 5.75 Å². The van der Waals surface area contributed by atoms with E-state index in [1.54, 1.807) is 0 Å². The van der Waals surface area contributed by atoms with E-state index in [4.69, 9.17) is 9.47 Å². The smallest absolute Gasteiger partial charge is 0.305 e. The summed E-state index contributed by atoms with van der Waals surface area (Å²) in [5.74, 6) is 0.686. The van der Waals surface area contributed by atoms with E-state index >= 15 is 0 Å². The molecular weight excluding hydrogens is 456 g/mol. The van der Waals surface area contributed by atoms with Crippen LogP contribution in [0, 0.1) is 0 Å². The maximum Gasteiger partial charge on any atom is 0.305 e. The van der Waals surface area contributed by atoms with Crippen molar-refractivity contribution in [2.75, 3.05) is 13.2 Å². The summed E-state index contributed by atoms with van der Waals surface area (Å²) in [6.45, 7) is 2.90. The fraction of sp³-hybridized carbons (Fsp3) is 0.500. The van der Waals surface area contributed by atoms with Gasteiger partial charge in [0.05, 0.1) is 22.2 Å². The number of hydrogen-bond acceptors (Lipinski definition) is 3. The van der Waals surface area contributed by atoms with E-state index in [1.807, 2.05) is 19.1 Å². The highest BCUT2D eigenvalue weighted by Gasteiger charge is 2.08. The summed E-state index contributed by atoms with van der Waals surface area (Å²) >= 11 is 10.4. The summed E-state index contributed by atoms with van der Waals surface area (Å²) in [6, 6.07) is 3.89. The number of ether oxygens (including phenoxy) is 2. The molecule has 0 amide bonds. The number of halogens is 3. The summed E-state index contributed by atoms with van der Waals surface area (Å²) in [5.41, 5.74) is 0. The maximum absolute atomic E-state index is 11.1. The van der Waals surface area contributed by atoms with Crippen LogP contribution in [0.15, 0.2) is 25.6 Å². The molecule has 0 saturated heterocycles. The number of unbranched alkanes of at least 4 members (excludes halogenated alkanes) is 2. The molecule has 0 N–H and O–H groups in total. The number of carbonyl (C=O) groups excluding carboxylic acids is 1. The van der Waals surface area contributed by atoms with Crippen LogP contribution in [0.4, 0.5) is 0 Å². The standard InChI is InChI=1S/C14H17Br3O3/c1-2-19-13(18)6-4-3-5-7-20-14-11(16)8-10(15)9-12(14)17/h8-9H,2-7H2,1H3. The zero-order valence-corrected chi connectivity index (χ0v) is 16.0. The lowest BCUT2D eigenvalue weighted by Crippen LogP contribution is -2.04. The number of esters is 1. The van der Waals surface area contributed by atoms with Gasteiger partial charge in [-0.05, 0) is 70.2 Å². The van der Waals surface area contributed by atoms with Gasteiger partial charge in [-0.15, -0.1) is 0 Å². The third kappa shape index (κ3) is 6.59. The zero-order chi connectivity index (χ0) is 15.0. The summed E-state index contributed by atoms with van der Waals surface area (Å²) < 4.78 is 13.4. The second-order valence-electron chi connectivity index (χ2n) is 4.16. The first-order valence-corrected chi connectivity index (χ1v) is 8.85. The highest BCUT2D eigenvalue weighted by atomic mass is 79.9. The fourth-order valence-electron chi connectivity index (χ4n) is 1.62. The van der Waals surface area contributed by atoms with Crippen LogP contribution < -0.4 is 4.74 Å². The monoisotopic (exact) mass is 470 g/mol. The number of rotatable bonds is 8. The Kier molecular flexibility index (Phi) is 8.80. The van der Waals surface area contributed by atoms with Crippen molar-refractivity contribution in [3.63, 3.8) is 0 Å². The van der Waals surface area contributed by atoms with Crippen molar-refractivity contribution < 1.29 is 14.3 Å². The topological polar surface area (TPSA) is 35.5 Å². The number of benzene rings is 1. The molecule has 0 aliphatic rings. The maximum atomic E-state index is 11.1. The third-order valence-electron chi connectivity index (χ3n) is 2.54. The van der Waals surface area contributed by atoms with Crippen LogP contribution in [0.1, 0.15) is 32.6 Å². The summed E-state index contributed by atoms with van der Waals surface area (Å²) in [4.78, 5) is 11.1. The van der Waals surface area contributed by atoms with E-state index in [-0.39, 0.29) is 5.97 Å². The van der Waals surface area contributed by atoms with Gasteiger partial charge in [0.15, 0.2) is 0 Å². The lowest BCUT2D eigenvalue weighted by atomic mass is 10.2. The van der Waals surface area contributed by atoms with Crippen molar-refractivity contribution in [1.82, 2.24) is 0 Å². The van der Waals surface area contributed by atoms with E-state index in [1.165, 1.54) is 0 Å². The molecule has 0 atom stereocenters. The first kappa shape index (κ1) is 18.0. The van der Waals surface area contributed by atoms with E-state index in [0.717, 1.165) is 38.4 Å². The molecule has 112 valence electrons. The molecule has 1 aromatic carbocycles. The molecule has 1 rings (SSSR count). The van der Waals surface area contributed by atoms with Crippen molar-refractivity contribution in [2.45, 2.75) is 32.6 Å². The minimum absolute atomic E-state index is 0.119. The molecule has 3 nitrogen and oxygen atoms in total. The molecule has 0 spiro atoms. The highest BCUT2D eigenvalue weighted by Crippen LogP contribution is 2.36. The van der Waals surface area contributed by atoms with Gasteiger partial charge in [-0.3, -0.25) is 4.79 Å². The van der Waals surface area contributed by atoms with Gasteiger partial charge >= 0.3 is 5.97 Å². The van der Waals surface area contributed by atoms with Gasteiger partial charge < -0.3 is 9.47 Å². The lowest BCUT2D eigenvalue weighted by molar-refractivity contribution is -0.143. The van der Waals surface area contributed by atoms with Crippen molar-refractivity contribution in [3.05, 3.63) is 25.6 Å². The molecule has 6 heteroatoms. The minimum atomic E-state index is -0.119. The molecule has 0 bridgehead atoms. The van der Waals surface area contributed by atoms with Gasteiger partial charge in [0.2, 0.25) is 0 Å². The normalized spacial score (nSPS) is 10.4. The van der Waals surface area contributed by atoms with Crippen LogP contribution >= 0.6 is 47.8 Å². The van der Waals surface area contributed by atoms with Crippen molar-refractivity contribution >= 4 is 53.8 Å². The Hall–Kier alpha value is -0.0700. The Labute approximate surface area is 144 Å². The Morgan fingerprint density at radius 2 is 1.75 bits per heavy atom. The first-order valence-electron chi connectivity index (χ1n) is 6.47. The Morgan fingerprint density at radius 3 is 2.35 bits per heavy atom. The fourth-order valence-corrected chi connectivity index (χ4v) is 4.11. The summed E-state index contributed by atoms with van der Waals surface area (Å²) in [6.07, 6.45) is 3.18. The highest BCUT2D eigenvalue weighted by molar-refractivity contribution is 9.11. The zero-order valence-electron chi connectivity index (χ0n) is 11.3. The first-order chi connectivity index (χ1) is 9.54. The van der Waals surface area contributed by atoms with Crippen LogP contribution in [-0.2, 0) is 9.53 Å². The molecule has 0 heterocycles. The molecule has 20 heavy (non-hydrogen) atoms. The van der Waals surface area contributed by atoms with E-state index in [0.29, 0.717) is 19.6 Å². The van der Waals surface area contributed by atoms with E-state index in [2.05, 4.69) is 47.8 Å². The Balaban J connectivity index is 2.23. The van der Waals surface area contributed by atoms with Crippen molar-refractivity contribution in [1.29, 1.82) is 0 Å². The number of carbonyl (C=O) groups is 1. The van der Waals surface area contributed by atoms with Crippen molar-refractivity contribution in [3.8, 4) is 5.75 Å². The molecule has 0 aliphatic heterocycles. The third-order valence-corrected chi connectivity index (χ3v) is 4.18. The Bertz CT molecular complexity index is 426. The van der Waals surface area contributed by atoms with Gasteiger partial charge in [-0.25, -0.2) is 0 Å². The molecule has 0 radical (unpaired) electrons. The van der Waals surface area contributed by atoms with E-state index < -0.39 is 0 Å². The molecular formula is C14H17Br3O3.